The molecule has 9 nitrogen and oxygen atoms in total. The molecule has 5 atom stereocenters. The molecule has 4 amide bonds. The molecular weight excluding hydrogens is 640 g/mol. The van der Waals surface area contributed by atoms with Crippen molar-refractivity contribution < 1.29 is 24.0 Å². The number of hydrogen-bond acceptors (Lipinski definition) is 5. The van der Waals surface area contributed by atoms with E-state index in [1.165, 1.54) is 0 Å². The van der Waals surface area contributed by atoms with E-state index in [2.05, 4.69) is 16.0 Å². The molecule has 1 fully saturated rings. The zero-order valence-electron chi connectivity index (χ0n) is 29.0. The molecule has 51 heavy (non-hydrogen) atoms. The lowest BCUT2D eigenvalue weighted by molar-refractivity contribution is -0.143. The van der Waals surface area contributed by atoms with Gasteiger partial charge in [0, 0.05) is 36.6 Å². The van der Waals surface area contributed by atoms with Crippen LogP contribution in [0.1, 0.15) is 70.8 Å². The van der Waals surface area contributed by atoms with Crippen LogP contribution < -0.4 is 16.0 Å². The summed E-state index contributed by atoms with van der Waals surface area (Å²) in [6, 6.07) is 30.7. The summed E-state index contributed by atoms with van der Waals surface area (Å²) >= 11 is 0. The summed E-state index contributed by atoms with van der Waals surface area (Å²) in [5, 5.41) is 8.98. The maximum absolute atomic E-state index is 14.4. The fourth-order valence-corrected chi connectivity index (χ4v) is 6.99. The van der Waals surface area contributed by atoms with Gasteiger partial charge in [0.25, 0.3) is 0 Å². The van der Waals surface area contributed by atoms with Gasteiger partial charge in [-0.2, -0.15) is 0 Å². The molecular formula is C42H44N4O5. The highest BCUT2D eigenvalue weighted by molar-refractivity contribution is 6.09. The lowest BCUT2D eigenvalue weighted by atomic mass is 9.95. The Morgan fingerprint density at radius 3 is 2.16 bits per heavy atom. The van der Waals surface area contributed by atoms with Crippen LogP contribution in [-0.4, -0.2) is 59.0 Å². The van der Waals surface area contributed by atoms with E-state index < -0.39 is 24.0 Å². The summed E-state index contributed by atoms with van der Waals surface area (Å²) in [7, 11) is 0. The molecule has 0 spiro atoms. The van der Waals surface area contributed by atoms with Gasteiger partial charge in [-0.05, 0) is 34.6 Å². The predicted octanol–water partition coefficient (Wildman–Crippen LogP) is 4.73. The number of nitrogens with zero attached hydrogens (tertiary/aromatic N) is 1. The van der Waals surface area contributed by atoms with E-state index in [0.717, 1.165) is 22.3 Å². The Kier molecular flexibility index (Phi) is 11.0. The van der Waals surface area contributed by atoms with Crippen molar-refractivity contribution in [1.29, 1.82) is 0 Å². The molecule has 2 heterocycles. The molecule has 9 heteroatoms. The highest BCUT2D eigenvalue weighted by Gasteiger charge is 2.44. The number of carbonyl (C=O) groups excluding carboxylic acids is 5. The molecule has 0 saturated carbocycles. The van der Waals surface area contributed by atoms with Crippen molar-refractivity contribution in [2.45, 2.75) is 70.1 Å². The van der Waals surface area contributed by atoms with Crippen molar-refractivity contribution in [3.05, 3.63) is 143 Å². The molecule has 262 valence electrons. The molecule has 4 aromatic rings. The average molecular weight is 685 g/mol. The van der Waals surface area contributed by atoms with Gasteiger partial charge in [-0.3, -0.25) is 24.0 Å². The second kappa shape index (κ2) is 16.0. The molecule has 2 aliphatic rings. The van der Waals surface area contributed by atoms with Crippen LogP contribution >= 0.6 is 0 Å². The molecule has 2 aliphatic heterocycles. The quantitative estimate of drug-likeness (QED) is 0.243. The van der Waals surface area contributed by atoms with Crippen LogP contribution in [0, 0.1) is 5.92 Å². The number of benzene rings is 4. The third kappa shape index (κ3) is 8.43. The number of hydrogen-bond donors (Lipinski definition) is 3. The van der Waals surface area contributed by atoms with E-state index >= 15 is 0 Å². The summed E-state index contributed by atoms with van der Waals surface area (Å²) in [6.45, 7) is 4.41. The first kappa shape index (κ1) is 35.3. The summed E-state index contributed by atoms with van der Waals surface area (Å²) in [6.07, 6.45) is 1.27. The second-order valence-electron chi connectivity index (χ2n) is 13.7. The third-order valence-corrected chi connectivity index (χ3v) is 10.1. The van der Waals surface area contributed by atoms with Crippen LogP contribution in [0.3, 0.4) is 0 Å². The van der Waals surface area contributed by atoms with Crippen molar-refractivity contribution in [3.8, 4) is 0 Å². The minimum atomic E-state index is -0.956. The topological polar surface area (TPSA) is 125 Å². The molecule has 4 aromatic carbocycles. The zero-order chi connectivity index (χ0) is 35.9. The molecule has 2 bridgehead atoms. The van der Waals surface area contributed by atoms with Crippen molar-refractivity contribution in [1.82, 2.24) is 20.9 Å². The Balaban J connectivity index is 1.32. The summed E-state index contributed by atoms with van der Waals surface area (Å²) in [4.78, 5) is 70.5. The maximum Gasteiger partial charge on any atom is 0.246 e. The van der Waals surface area contributed by atoms with E-state index in [9.17, 15) is 24.0 Å². The lowest BCUT2D eigenvalue weighted by Crippen LogP contribution is -2.58. The molecule has 0 aliphatic carbocycles. The first-order valence-electron chi connectivity index (χ1n) is 17.7. The number of carbonyl (C=O) groups is 5. The fourth-order valence-electron chi connectivity index (χ4n) is 6.99. The minimum absolute atomic E-state index is 0.0734. The van der Waals surface area contributed by atoms with E-state index in [0.29, 0.717) is 30.5 Å². The highest BCUT2D eigenvalue weighted by Crippen LogP contribution is 2.33. The SMILES string of the molecule is CC[C@@H](C)[C@H]1NC(=O)Cc2cccc(c2)CNC(=O)[C@@H](Cc2ccc(C(=O)c3ccccc3)cc2)NC(=O)[C@H]2C[C@@H](c3ccccc3)CN2C1=O. The monoisotopic (exact) mass is 684 g/mol. The van der Waals surface area contributed by atoms with Crippen molar-refractivity contribution in [2.75, 3.05) is 6.54 Å². The van der Waals surface area contributed by atoms with Crippen LogP contribution in [0.4, 0.5) is 0 Å². The lowest BCUT2D eigenvalue weighted by Gasteiger charge is -2.32. The number of ketones is 1. The van der Waals surface area contributed by atoms with Crippen molar-refractivity contribution >= 4 is 29.4 Å². The smallest absolute Gasteiger partial charge is 0.246 e. The van der Waals surface area contributed by atoms with Crippen LogP contribution in [0.15, 0.2) is 109 Å². The number of nitrogens with one attached hydrogen (secondary N) is 3. The third-order valence-electron chi connectivity index (χ3n) is 10.1. The first-order chi connectivity index (χ1) is 24.7. The van der Waals surface area contributed by atoms with Gasteiger partial charge in [0.2, 0.25) is 23.6 Å². The minimum Gasteiger partial charge on any atom is -0.350 e. The molecule has 0 aromatic heterocycles. The Labute approximate surface area is 298 Å². The zero-order valence-corrected chi connectivity index (χ0v) is 29.0. The largest absolute Gasteiger partial charge is 0.350 e. The van der Waals surface area contributed by atoms with Crippen LogP contribution in [0.25, 0.3) is 0 Å². The van der Waals surface area contributed by atoms with Crippen LogP contribution in [0.5, 0.6) is 0 Å². The van der Waals surface area contributed by atoms with Gasteiger partial charge in [0.15, 0.2) is 5.78 Å². The summed E-state index contributed by atoms with van der Waals surface area (Å²) in [5.41, 5.74) is 4.44. The molecule has 0 unspecified atom stereocenters. The van der Waals surface area contributed by atoms with Crippen molar-refractivity contribution in [2.24, 2.45) is 5.92 Å². The van der Waals surface area contributed by atoms with Gasteiger partial charge in [-0.15, -0.1) is 0 Å². The Bertz CT molecular complexity index is 1880. The second-order valence-corrected chi connectivity index (χ2v) is 13.7. The maximum atomic E-state index is 14.4. The number of amides is 4. The molecule has 6 rings (SSSR count). The molecule has 3 N–H and O–H groups in total. The van der Waals surface area contributed by atoms with Gasteiger partial charge in [-0.25, -0.2) is 0 Å². The highest BCUT2D eigenvalue weighted by atomic mass is 16.2. The van der Waals surface area contributed by atoms with E-state index in [1.807, 2.05) is 86.6 Å². The van der Waals surface area contributed by atoms with Crippen molar-refractivity contribution in [3.63, 3.8) is 0 Å². The Morgan fingerprint density at radius 1 is 0.784 bits per heavy atom. The van der Waals surface area contributed by atoms with Crippen LogP contribution in [-0.2, 0) is 38.6 Å². The van der Waals surface area contributed by atoms with Gasteiger partial charge >= 0.3 is 0 Å². The van der Waals surface area contributed by atoms with Gasteiger partial charge in [0.05, 0.1) is 6.42 Å². The van der Waals surface area contributed by atoms with Gasteiger partial charge < -0.3 is 20.9 Å². The fraction of sp³-hybridized carbons (Fsp3) is 0.310. The first-order valence-corrected chi connectivity index (χ1v) is 17.7. The van der Waals surface area contributed by atoms with E-state index in [-0.39, 0.29) is 54.7 Å². The van der Waals surface area contributed by atoms with Gasteiger partial charge in [0.1, 0.15) is 18.1 Å². The Hall–Kier alpha value is -5.57. The molecule has 0 radical (unpaired) electrons. The summed E-state index contributed by atoms with van der Waals surface area (Å²) < 4.78 is 0. The summed E-state index contributed by atoms with van der Waals surface area (Å²) in [5.74, 6) is -1.79. The number of rotatable bonds is 7. The van der Waals surface area contributed by atoms with E-state index in [4.69, 9.17) is 0 Å². The number of fused-ring (bicyclic) bond motifs is 3. The normalized spacial score (nSPS) is 22.0. The standard InChI is InChI=1S/C42H44N4O5/c1-3-27(2)38-42(51)46-26-34(31-13-6-4-7-14-31)24-36(46)41(50)44-35(40(49)43-25-30-12-10-11-29(21-30)23-37(47)45-38)22-28-17-19-33(20-18-28)39(48)32-15-8-5-9-16-32/h4-21,27,34-36,38H,3,22-26H2,1-2H3,(H,43,49)(H,44,50)(H,45,47)/t27-,34-,35-,36-,38-/m1/s1. The molecule has 1 saturated heterocycles. The average Bonchev–Trinajstić information content (AvgIpc) is 3.62. The predicted molar refractivity (Wildman–Crippen MR) is 195 cm³/mol. The Morgan fingerprint density at radius 2 is 1.45 bits per heavy atom. The van der Waals surface area contributed by atoms with Crippen LogP contribution in [0.2, 0.25) is 0 Å². The van der Waals surface area contributed by atoms with E-state index in [1.54, 1.807) is 41.3 Å². The van der Waals surface area contributed by atoms with Gasteiger partial charge in [-0.1, -0.05) is 129 Å².